The first-order valence-corrected chi connectivity index (χ1v) is 5.75. The molecular weight excluding hydrogens is 224 g/mol. The van der Waals surface area contributed by atoms with Gasteiger partial charge in [0.1, 0.15) is 0 Å². The predicted octanol–water partition coefficient (Wildman–Crippen LogP) is 2.10. The van der Waals surface area contributed by atoms with Gasteiger partial charge in [0.25, 0.3) is 0 Å². The van der Waals surface area contributed by atoms with Crippen LogP contribution in [0.5, 0.6) is 0 Å². The second-order valence-corrected chi connectivity index (χ2v) is 4.52. The van der Waals surface area contributed by atoms with Crippen LogP contribution >= 0.6 is 12.4 Å². The van der Waals surface area contributed by atoms with Crippen LogP contribution in [0.1, 0.15) is 38.5 Å². The lowest BCUT2D eigenvalue weighted by atomic mass is 10.2. The monoisotopic (exact) mass is 246 g/mol. The number of hydrogen-bond donors (Lipinski definition) is 1. The van der Waals surface area contributed by atoms with Crippen molar-refractivity contribution in [2.45, 2.75) is 44.1 Å². The third-order valence-electron chi connectivity index (χ3n) is 2.96. The number of rotatable bonds is 7. The Labute approximate surface area is 104 Å². The van der Waals surface area contributed by atoms with Crippen molar-refractivity contribution in [2.24, 2.45) is 5.73 Å². The average molecular weight is 247 g/mol. The number of nitrogens with zero attached hydrogens (tertiary/aromatic N) is 1. The van der Waals surface area contributed by atoms with E-state index in [1.54, 1.807) is 4.90 Å². The van der Waals surface area contributed by atoms with Crippen molar-refractivity contribution >= 4 is 18.3 Å². The first-order chi connectivity index (χ1) is 7.10. The van der Waals surface area contributed by atoms with Crippen LogP contribution < -0.4 is 5.73 Å². The lowest BCUT2D eigenvalue weighted by molar-refractivity contribution is -0.132. The SMILES string of the molecule is C=CCCCCCN(C)C(=O)C1(N)CC1.Cl. The lowest BCUT2D eigenvalue weighted by Gasteiger charge is -2.20. The molecule has 1 aliphatic carbocycles. The Bertz CT molecular complexity index is 239. The Hall–Kier alpha value is -0.540. The molecule has 1 amide bonds. The summed E-state index contributed by atoms with van der Waals surface area (Å²) in [6.07, 6.45) is 8.10. The molecular formula is C12H23ClN2O. The van der Waals surface area contributed by atoms with Gasteiger partial charge in [0.2, 0.25) is 5.91 Å². The van der Waals surface area contributed by atoms with Crippen LogP contribution in [0.3, 0.4) is 0 Å². The zero-order chi connectivity index (χ0) is 11.3. The molecule has 1 fully saturated rings. The Balaban J connectivity index is 0.00000225. The number of amides is 1. The van der Waals surface area contributed by atoms with E-state index in [1.165, 1.54) is 6.42 Å². The summed E-state index contributed by atoms with van der Waals surface area (Å²) >= 11 is 0. The number of allylic oxidation sites excluding steroid dienone is 1. The van der Waals surface area contributed by atoms with E-state index in [1.807, 2.05) is 13.1 Å². The maximum Gasteiger partial charge on any atom is 0.242 e. The Morgan fingerprint density at radius 2 is 2.06 bits per heavy atom. The van der Waals surface area contributed by atoms with Gasteiger partial charge in [0.15, 0.2) is 0 Å². The van der Waals surface area contributed by atoms with Gasteiger partial charge in [-0.05, 0) is 32.1 Å². The normalized spacial score (nSPS) is 16.1. The molecule has 4 heteroatoms. The summed E-state index contributed by atoms with van der Waals surface area (Å²) in [7, 11) is 1.85. The molecule has 0 aliphatic heterocycles. The van der Waals surface area contributed by atoms with Crippen molar-refractivity contribution in [1.29, 1.82) is 0 Å². The van der Waals surface area contributed by atoms with E-state index in [2.05, 4.69) is 6.58 Å². The van der Waals surface area contributed by atoms with E-state index in [-0.39, 0.29) is 18.3 Å². The second kappa shape index (κ2) is 6.92. The van der Waals surface area contributed by atoms with Gasteiger partial charge in [-0.1, -0.05) is 12.5 Å². The molecule has 3 nitrogen and oxygen atoms in total. The van der Waals surface area contributed by atoms with Crippen LogP contribution in [0.15, 0.2) is 12.7 Å². The summed E-state index contributed by atoms with van der Waals surface area (Å²) in [5.41, 5.74) is 5.33. The van der Waals surface area contributed by atoms with Crippen LogP contribution in [-0.4, -0.2) is 29.9 Å². The number of nitrogens with two attached hydrogens (primary N) is 1. The molecule has 1 aliphatic rings. The van der Waals surface area contributed by atoms with E-state index < -0.39 is 5.54 Å². The molecule has 2 N–H and O–H groups in total. The van der Waals surface area contributed by atoms with E-state index >= 15 is 0 Å². The summed E-state index contributed by atoms with van der Waals surface area (Å²) in [5.74, 6) is 0.117. The molecule has 0 heterocycles. The van der Waals surface area contributed by atoms with Crippen LogP contribution in [0.4, 0.5) is 0 Å². The fourth-order valence-electron chi connectivity index (χ4n) is 1.64. The summed E-state index contributed by atoms with van der Waals surface area (Å²) in [6.45, 7) is 4.51. The van der Waals surface area contributed by atoms with Gasteiger partial charge in [-0.2, -0.15) is 0 Å². The maximum atomic E-state index is 11.7. The highest BCUT2D eigenvalue weighted by atomic mass is 35.5. The first-order valence-electron chi connectivity index (χ1n) is 5.75. The maximum absolute atomic E-state index is 11.7. The fraction of sp³-hybridized carbons (Fsp3) is 0.750. The van der Waals surface area contributed by atoms with Gasteiger partial charge in [0.05, 0.1) is 5.54 Å². The molecule has 0 unspecified atom stereocenters. The molecule has 0 aromatic heterocycles. The minimum atomic E-state index is -0.504. The summed E-state index contributed by atoms with van der Waals surface area (Å²) in [6, 6.07) is 0. The molecule has 0 spiro atoms. The Morgan fingerprint density at radius 3 is 2.56 bits per heavy atom. The van der Waals surface area contributed by atoms with Crippen molar-refractivity contribution in [3.05, 3.63) is 12.7 Å². The van der Waals surface area contributed by atoms with Crippen molar-refractivity contribution in [1.82, 2.24) is 4.90 Å². The van der Waals surface area contributed by atoms with Gasteiger partial charge in [0, 0.05) is 13.6 Å². The first kappa shape index (κ1) is 15.5. The average Bonchev–Trinajstić information content (AvgIpc) is 2.96. The number of unbranched alkanes of at least 4 members (excludes halogenated alkanes) is 3. The highest BCUT2D eigenvalue weighted by Gasteiger charge is 2.47. The molecule has 94 valence electrons. The standard InChI is InChI=1S/C12H22N2O.ClH/c1-3-4-5-6-7-10-14(2)11(15)12(13)8-9-12;/h3H,1,4-10,13H2,2H3;1H. The molecule has 0 aromatic carbocycles. The van der Waals surface area contributed by atoms with Gasteiger partial charge >= 0.3 is 0 Å². The molecule has 0 saturated heterocycles. The summed E-state index contributed by atoms with van der Waals surface area (Å²) in [4.78, 5) is 13.5. The van der Waals surface area contributed by atoms with Crippen molar-refractivity contribution in [2.75, 3.05) is 13.6 Å². The number of carbonyl (C=O) groups is 1. The Morgan fingerprint density at radius 1 is 1.44 bits per heavy atom. The topological polar surface area (TPSA) is 46.3 Å². The van der Waals surface area contributed by atoms with E-state index in [0.29, 0.717) is 0 Å². The summed E-state index contributed by atoms with van der Waals surface area (Å²) < 4.78 is 0. The zero-order valence-electron chi connectivity index (χ0n) is 10.1. The van der Waals surface area contributed by atoms with E-state index in [0.717, 1.165) is 38.6 Å². The molecule has 0 aromatic rings. The number of carbonyl (C=O) groups excluding carboxylic acids is 1. The van der Waals surface area contributed by atoms with Crippen molar-refractivity contribution in [3.63, 3.8) is 0 Å². The van der Waals surface area contributed by atoms with Gasteiger partial charge < -0.3 is 10.6 Å². The number of halogens is 1. The van der Waals surface area contributed by atoms with Gasteiger partial charge in [-0.15, -0.1) is 19.0 Å². The lowest BCUT2D eigenvalue weighted by Crippen LogP contribution is -2.44. The highest BCUT2D eigenvalue weighted by Crippen LogP contribution is 2.33. The minimum Gasteiger partial charge on any atom is -0.344 e. The van der Waals surface area contributed by atoms with Crippen LogP contribution in [-0.2, 0) is 4.79 Å². The van der Waals surface area contributed by atoms with Crippen molar-refractivity contribution < 1.29 is 4.79 Å². The van der Waals surface area contributed by atoms with E-state index in [9.17, 15) is 4.79 Å². The zero-order valence-corrected chi connectivity index (χ0v) is 10.9. The predicted molar refractivity (Wildman–Crippen MR) is 69.7 cm³/mol. The molecule has 1 saturated carbocycles. The van der Waals surface area contributed by atoms with Crippen LogP contribution in [0, 0.1) is 0 Å². The largest absolute Gasteiger partial charge is 0.344 e. The second-order valence-electron chi connectivity index (χ2n) is 4.52. The molecule has 1 rings (SSSR count). The number of likely N-dealkylation sites (N-methyl/N-ethyl adjacent to an activating group) is 1. The van der Waals surface area contributed by atoms with Crippen LogP contribution in [0.2, 0.25) is 0 Å². The summed E-state index contributed by atoms with van der Waals surface area (Å²) in [5, 5.41) is 0. The minimum absolute atomic E-state index is 0. The molecule has 0 radical (unpaired) electrons. The van der Waals surface area contributed by atoms with E-state index in [4.69, 9.17) is 5.73 Å². The van der Waals surface area contributed by atoms with Crippen molar-refractivity contribution in [3.8, 4) is 0 Å². The molecule has 16 heavy (non-hydrogen) atoms. The third kappa shape index (κ3) is 4.54. The third-order valence-corrected chi connectivity index (χ3v) is 2.96. The highest BCUT2D eigenvalue weighted by molar-refractivity contribution is 5.88. The molecule has 0 atom stereocenters. The fourth-order valence-corrected chi connectivity index (χ4v) is 1.64. The molecule has 0 bridgehead atoms. The Kier molecular flexibility index (Phi) is 6.68. The quantitative estimate of drug-likeness (QED) is 0.553. The van der Waals surface area contributed by atoms with Crippen LogP contribution in [0.25, 0.3) is 0 Å². The van der Waals surface area contributed by atoms with Gasteiger partial charge in [-0.25, -0.2) is 0 Å². The van der Waals surface area contributed by atoms with Gasteiger partial charge in [-0.3, -0.25) is 4.79 Å². The number of hydrogen-bond acceptors (Lipinski definition) is 2. The smallest absolute Gasteiger partial charge is 0.242 e.